The van der Waals surface area contributed by atoms with Crippen LogP contribution in [0.3, 0.4) is 0 Å². The Bertz CT molecular complexity index is 1350. The second-order valence-electron chi connectivity index (χ2n) is 8.98. The van der Waals surface area contributed by atoms with Crippen LogP contribution in [-0.2, 0) is 17.9 Å². The van der Waals surface area contributed by atoms with Gasteiger partial charge in [-0.2, -0.15) is 0 Å². The van der Waals surface area contributed by atoms with Crippen LogP contribution in [0.4, 0.5) is 5.82 Å². The fourth-order valence-corrected chi connectivity index (χ4v) is 4.56. The minimum Gasteiger partial charge on any atom is -0.481 e. The zero-order chi connectivity index (χ0) is 24.9. The molecule has 1 saturated heterocycles. The van der Waals surface area contributed by atoms with Gasteiger partial charge in [0.05, 0.1) is 11.4 Å². The Morgan fingerprint density at radius 1 is 1.06 bits per heavy atom. The molecule has 184 valence electrons. The summed E-state index contributed by atoms with van der Waals surface area (Å²) in [5, 5.41) is 14.4. The molecule has 1 aliphatic heterocycles. The number of nitrogens with one attached hydrogen (secondary N) is 1. The second-order valence-corrected chi connectivity index (χ2v) is 9.42. The van der Waals surface area contributed by atoms with E-state index >= 15 is 0 Å². The first-order valence-corrected chi connectivity index (χ1v) is 12.4. The van der Waals surface area contributed by atoms with E-state index < -0.39 is 5.97 Å². The monoisotopic (exact) mass is 502 g/mol. The molecule has 2 aromatic heterocycles. The number of aliphatic carboxylic acids is 1. The number of piperidine rings is 1. The van der Waals surface area contributed by atoms with Crippen molar-refractivity contribution in [3.05, 3.63) is 89.1 Å². The van der Waals surface area contributed by atoms with E-state index in [2.05, 4.69) is 20.2 Å². The van der Waals surface area contributed by atoms with E-state index in [-0.39, 0.29) is 5.92 Å². The highest BCUT2D eigenvalue weighted by Gasteiger charge is 2.25. The third-order valence-corrected chi connectivity index (χ3v) is 6.57. The smallest absolute Gasteiger partial charge is 0.308 e. The summed E-state index contributed by atoms with van der Waals surface area (Å²) < 4.78 is 5.92. The normalized spacial score (nSPS) is 15.7. The maximum Gasteiger partial charge on any atom is 0.308 e. The average molecular weight is 503 g/mol. The predicted molar refractivity (Wildman–Crippen MR) is 141 cm³/mol. The summed E-state index contributed by atoms with van der Waals surface area (Å²) in [5.74, 6) is 1.06. The Hall–Kier alpha value is -3.68. The van der Waals surface area contributed by atoms with Crippen LogP contribution in [-0.4, -0.2) is 34.1 Å². The van der Waals surface area contributed by atoms with E-state index in [1.165, 1.54) is 0 Å². The maximum absolute atomic E-state index is 11.3. The van der Waals surface area contributed by atoms with Crippen molar-refractivity contribution >= 4 is 34.3 Å². The highest BCUT2D eigenvalue weighted by Crippen LogP contribution is 2.25. The van der Waals surface area contributed by atoms with Crippen molar-refractivity contribution in [1.82, 2.24) is 15.3 Å². The molecule has 36 heavy (non-hydrogen) atoms. The first-order valence-electron chi connectivity index (χ1n) is 12.0. The minimum atomic E-state index is -0.726. The topological polar surface area (TPSA) is 87.6 Å². The summed E-state index contributed by atoms with van der Waals surface area (Å²) >= 11 is 6.04. The first-order chi connectivity index (χ1) is 17.5. The number of benzene rings is 2. The average Bonchev–Trinajstić information content (AvgIpc) is 2.90. The van der Waals surface area contributed by atoms with Gasteiger partial charge < -0.3 is 20.1 Å². The summed E-state index contributed by atoms with van der Waals surface area (Å²) in [6, 6.07) is 21.3. The molecule has 0 radical (unpaired) electrons. The summed E-state index contributed by atoms with van der Waals surface area (Å²) in [6.07, 6.45) is 3.46. The summed E-state index contributed by atoms with van der Waals surface area (Å²) in [7, 11) is 0. The Morgan fingerprint density at radius 2 is 1.86 bits per heavy atom. The fourth-order valence-electron chi connectivity index (χ4n) is 4.38. The lowest BCUT2D eigenvalue weighted by Crippen LogP contribution is -2.39. The number of carbonyl (C=O) groups is 1. The lowest BCUT2D eigenvalue weighted by molar-refractivity contribution is -0.141. The molecule has 8 heteroatoms. The van der Waals surface area contributed by atoms with Gasteiger partial charge >= 0.3 is 5.97 Å². The highest BCUT2D eigenvalue weighted by molar-refractivity contribution is 6.31. The Kier molecular flexibility index (Phi) is 7.30. The van der Waals surface area contributed by atoms with Gasteiger partial charge in [0, 0.05) is 48.9 Å². The Balaban J connectivity index is 1.11. The second kappa shape index (κ2) is 10.9. The maximum atomic E-state index is 11.3. The van der Waals surface area contributed by atoms with Gasteiger partial charge in [-0.15, -0.1) is 0 Å². The van der Waals surface area contributed by atoms with E-state index in [0.29, 0.717) is 30.5 Å². The van der Waals surface area contributed by atoms with Gasteiger partial charge in [0.15, 0.2) is 0 Å². The number of anilines is 1. The van der Waals surface area contributed by atoms with Crippen molar-refractivity contribution in [2.45, 2.75) is 25.9 Å². The number of rotatable bonds is 8. The van der Waals surface area contributed by atoms with Crippen LogP contribution in [0.5, 0.6) is 11.6 Å². The zero-order valence-corrected chi connectivity index (χ0v) is 20.5. The molecule has 2 N–H and O–H groups in total. The number of aromatic nitrogens is 2. The Labute approximate surface area is 214 Å². The van der Waals surface area contributed by atoms with Gasteiger partial charge in [0.25, 0.3) is 0 Å². The quantitative estimate of drug-likeness (QED) is 0.321. The SMILES string of the molecule is O=C(O)C1CCCN(c2ccc(CNCc3ccc(Oc4ccc5cc(Cl)ccc5n4)cc3)cn2)C1. The number of ether oxygens (including phenoxy) is 1. The molecule has 0 saturated carbocycles. The molecule has 1 aliphatic rings. The first kappa shape index (κ1) is 24.0. The molecule has 4 aromatic rings. The number of carboxylic acid groups (broad SMARTS) is 1. The molecule has 1 fully saturated rings. The number of pyridine rings is 2. The van der Waals surface area contributed by atoms with Crippen LogP contribution < -0.4 is 15.0 Å². The largest absolute Gasteiger partial charge is 0.481 e. The summed E-state index contributed by atoms with van der Waals surface area (Å²) in [6.45, 7) is 2.77. The molecule has 0 bridgehead atoms. The highest BCUT2D eigenvalue weighted by atomic mass is 35.5. The molecule has 1 unspecified atom stereocenters. The molecule has 2 aromatic carbocycles. The lowest BCUT2D eigenvalue weighted by atomic mass is 9.98. The van der Waals surface area contributed by atoms with E-state index in [0.717, 1.165) is 53.0 Å². The standard InChI is InChI=1S/C28H27ClN4O3/c29-23-7-10-25-21(14-23)6-12-27(32-25)36-24-8-3-19(4-9-24)15-30-16-20-5-11-26(31-17-20)33-13-1-2-22(18-33)28(34)35/h3-12,14,17,22,30H,1-2,13,15-16,18H2,(H,34,35). The van der Waals surface area contributed by atoms with Crippen molar-refractivity contribution in [3.8, 4) is 11.6 Å². The van der Waals surface area contributed by atoms with Gasteiger partial charge in [-0.25, -0.2) is 9.97 Å². The number of carboxylic acids is 1. The molecule has 0 amide bonds. The van der Waals surface area contributed by atoms with E-state index in [9.17, 15) is 9.90 Å². The Morgan fingerprint density at radius 3 is 2.64 bits per heavy atom. The van der Waals surface area contributed by atoms with Crippen molar-refractivity contribution in [2.75, 3.05) is 18.0 Å². The predicted octanol–water partition coefficient (Wildman–Crippen LogP) is 5.67. The molecule has 5 rings (SSSR count). The minimum absolute atomic E-state index is 0.317. The van der Waals surface area contributed by atoms with E-state index in [1.54, 1.807) is 0 Å². The van der Waals surface area contributed by atoms with Crippen LogP contribution in [0.2, 0.25) is 5.02 Å². The number of halogens is 1. The van der Waals surface area contributed by atoms with Crippen LogP contribution in [0, 0.1) is 5.92 Å². The third-order valence-electron chi connectivity index (χ3n) is 6.33. The van der Waals surface area contributed by atoms with Crippen molar-refractivity contribution < 1.29 is 14.6 Å². The summed E-state index contributed by atoms with van der Waals surface area (Å²) in [4.78, 5) is 22.5. The van der Waals surface area contributed by atoms with E-state index in [1.807, 2.05) is 72.9 Å². The van der Waals surface area contributed by atoms with Crippen LogP contribution in [0.25, 0.3) is 10.9 Å². The molecule has 7 nitrogen and oxygen atoms in total. The van der Waals surface area contributed by atoms with Crippen LogP contribution in [0.1, 0.15) is 24.0 Å². The molecule has 3 heterocycles. The van der Waals surface area contributed by atoms with Crippen molar-refractivity contribution in [3.63, 3.8) is 0 Å². The molecular weight excluding hydrogens is 476 g/mol. The number of hydrogen-bond acceptors (Lipinski definition) is 6. The van der Waals surface area contributed by atoms with Crippen LogP contribution >= 0.6 is 11.6 Å². The van der Waals surface area contributed by atoms with Gasteiger partial charge in [0.1, 0.15) is 11.6 Å². The van der Waals surface area contributed by atoms with Crippen molar-refractivity contribution in [2.24, 2.45) is 5.92 Å². The lowest BCUT2D eigenvalue weighted by Gasteiger charge is -2.31. The molecule has 0 aliphatic carbocycles. The number of hydrogen-bond donors (Lipinski definition) is 2. The fraction of sp³-hybridized carbons (Fsp3) is 0.250. The van der Waals surface area contributed by atoms with Gasteiger partial charge in [0.2, 0.25) is 5.88 Å². The molecular formula is C28H27ClN4O3. The molecule has 1 atom stereocenters. The van der Waals surface area contributed by atoms with Gasteiger partial charge in [-0.05, 0) is 66.4 Å². The van der Waals surface area contributed by atoms with Gasteiger partial charge in [-0.3, -0.25) is 4.79 Å². The van der Waals surface area contributed by atoms with E-state index in [4.69, 9.17) is 16.3 Å². The number of fused-ring (bicyclic) bond motifs is 1. The molecule has 0 spiro atoms. The third kappa shape index (κ3) is 5.93. The van der Waals surface area contributed by atoms with Gasteiger partial charge in [-0.1, -0.05) is 29.8 Å². The van der Waals surface area contributed by atoms with Crippen LogP contribution in [0.15, 0.2) is 72.9 Å². The zero-order valence-electron chi connectivity index (χ0n) is 19.7. The van der Waals surface area contributed by atoms with Crippen molar-refractivity contribution in [1.29, 1.82) is 0 Å². The summed E-state index contributed by atoms with van der Waals surface area (Å²) in [5.41, 5.74) is 3.05. The number of nitrogens with zero attached hydrogens (tertiary/aromatic N) is 3.